The summed E-state index contributed by atoms with van der Waals surface area (Å²) in [4.78, 5) is 27.4. The van der Waals surface area contributed by atoms with E-state index in [2.05, 4.69) is 15.9 Å². The van der Waals surface area contributed by atoms with Gasteiger partial charge in [0.1, 0.15) is 12.5 Å². The summed E-state index contributed by atoms with van der Waals surface area (Å²) >= 11 is 3.41. The van der Waals surface area contributed by atoms with Crippen LogP contribution in [0.2, 0.25) is 0 Å². The lowest BCUT2D eigenvalue weighted by atomic mass is 10.1. The molecule has 0 N–H and O–H groups in total. The molecule has 1 fully saturated rings. The van der Waals surface area contributed by atoms with Gasteiger partial charge < -0.3 is 9.80 Å². The molecule has 20 heavy (non-hydrogen) atoms. The maximum absolute atomic E-state index is 12.4. The monoisotopic (exact) mass is 335 g/mol. The molecule has 0 radical (unpaired) electrons. The van der Waals surface area contributed by atoms with Gasteiger partial charge in [-0.05, 0) is 34.5 Å². The van der Waals surface area contributed by atoms with Crippen LogP contribution in [0, 0.1) is 17.2 Å². The Labute approximate surface area is 125 Å². The summed E-state index contributed by atoms with van der Waals surface area (Å²) in [7, 11) is 1.54. The highest BCUT2D eigenvalue weighted by Gasteiger charge is 2.39. The van der Waals surface area contributed by atoms with Crippen molar-refractivity contribution in [3.05, 3.63) is 28.7 Å². The second-order valence-electron chi connectivity index (χ2n) is 4.63. The van der Waals surface area contributed by atoms with E-state index in [0.717, 1.165) is 10.2 Å². The Balaban J connectivity index is 2.16. The third-order valence-corrected chi connectivity index (χ3v) is 4.00. The van der Waals surface area contributed by atoms with Crippen molar-refractivity contribution < 1.29 is 9.59 Å². The van der Waals surface area contributed by atoms with Crippen LogP contribution >= 0.6 is 15.9 Å². The van der Waals surface area contributed by atoms with Crippen molar-refractivity contribution in [3.8, 4) is 6.07 Å². The van der Waals surface area contributed by atoms with Crippen molar-refractivity contribution >= 4 is 33.4 Å². The second kappa shape index (κ2) is 6.06. The van der Waals surface area contributed by atoms with Gasteiger partial charge in [0.2, 0.25) is 11.8 Å². The molecule has 0 aliphatic carbocycles. The first-order valence-corrected chi connectivity index (χ1v) is 7.03. The fraction of sp³-hybridized carbons (Fsp3) is 0.357. The van der Waals surface area contributed by atoms with Crippen molar-refractivity contribution in [1.29, 1.82) is 5.26 Å². The molecule has 5 nitrogen and oxygen atoms in total. The van der Waals surface area contributed by atoms with Gasteiger partial charge in [0.25, 0.3) is 0 Å². The summed E-state index contributed by atoms with van der Waals surface area (Å²) < 4.78 is 0.826. The smallest absolute Gasteiger partial charge is 0.239 e. The first-order chi connectivity index (χ1) is 9.56. The van der Waals surface area contributed by atoms with Gasteiger partial charge in [-0.15, -0.1) is 0 Å². The number of halogens is 1. The summed E-state index contributed by atoms with van der Waals surface area (Å²) in [6.45, 7) is 0.510. The molecule has 0 unspecified atom stereocenters. The van der Waals surface area contributed by atoms with Crippen LogP contribution < -0.4 is 4.90 Å². The number of para-hydroxylation sites is 1. The highest BCUT2D eigenvalue weighted by molar-refractivity contribution is 9.10. The van der Waals surface area contributed by atoms with Crippen LogP contribution in [0.3, 0.4) is 0 Å². The van der Waals surface area contributed by atoms with Crippen molar-refractivity contribution in [2.24, 2.45) is 5.92 Å². The van der Waals surface area contributed by atoms with Gasteiger partial charge in [0.15, 0.2) is 0 Å². The molecule has 0 bridgehead atoms. The molecule has 0 aromatic heterocycles. The number of benzene rings is 1. The Kier molecular flexibility index (Phi) is 4.40. The normalized spacial score (nSPS) is 17.9. The Hall–Kier alpha value is -1.87. The van der Waals surface area contributed by atoms with E-state index in [4.69, 9.17) is 5.26 Å². The summed E-state index contributed by atoms with van der Waals surface area (Å²) in [5, 5.41) is 8.62. The van der Waals surface area contributed by atoms with Crippen LogP contribution in [0.5, 0.6) is 0 Å². The number of carbonyl (C=O) groups excluding carboxylic acids is 2. The minimum atomic E-state index is -0.680. The van der Waals surface area contributed by atoms with Crippen molar-refractivity contribution in [3.63, 3.8) is 0 Å². The van der Waals surface area contributed by atoms with Crippen LogP contribution in [-0.4, -0.2) is 36.9 Å². The first-order valence-electron chi connectivity index (χ1n) is 6.24. The van der Waals surface area contributed by atoms with Gasteiger partial charge in [-0.25, -0.2) is 0 Å². The first kappa shape index (κ1) is 14.5. The Morgan fingerprint density at radius 1 is 1.55 bits per heavy atom. The van der Waals surface area contributed by atoms with Crippen LogP contribution in [0.25, 0.3) is 0 Å². The maximum atomic E-state index is 12.4. The van der Waals surface area contributed by atoms with Crippen LogP contribution in [0.4, 0.5) is 5.69 Å². The minimum absolute atomic E-state index is 0.00234. The van der Waals surface area contributed by atoms with E-state index >= 15 is 0 Å². The van der Waals surface area contributed by atoms with Gasteiger partial charge in [-0.1, -0.05) is 12.1 Å². The van der Waals surface area contributed by atoms with Crippen LogP contribution in [-0.2, 0) is 9.59 Å². The molecule has 2 amide bonds. The SMILES string of the molecule is CN(CC#N)C(=O)[C@H]1CCN(c2ccccc2Br)C1=O. The third kappa shape index (κ3) is 2.68. The molecule has 1 aromatic rings. The zero-order valence-corrected chi connectivity index (χ0v) is 12.6. The molecular formula is C14H14BrN3O2. The number of hydrogen-bond donors (Lipinski definition) is 0. The van der Waals surface area contributed by atoms with E-state index in [1.807, 2.05) is 30.3 Å². The minimum Gasteiger partial charge on any atom is -0.332 e. The van der Waals surface area contributed by atoms with E-state index < -0.39 is 5.92 Å². The number of amides is 2. The van der Waals surface area contributed by atoms with E-state index in [-0.39, 0.29) is 18.4 Å². The highest BCUT2D eigenvalue weighted by atomic mass is 79.9. The van der Waals surface area contributed by atoms with Crippen molar-refractivity contribution in [2.75, 3.05) is 25.0 Å². The standard InChI is InChI=1S/C14H14BrN3O2/c1-17(9-7-16)13(19)10-6-8-18(14(10)20)12-5-3-2-4-11(12)15/h2-5,10H,6,8-9H2,1H3/t10-/m1/s1. The largest absolute Gasteiger partial charge is 0.332 e. The van der Waals surface area contributed by atoms with Gasteiger partial charge in [0, 0.05) is 18.1 Å². The van der Waals surface area contributed by atoms with Crippen LogP contribution in [0.1, 0.15) is 6.42 Å². The summed E-state index contributed by atoms with van der Waals surface area (Å²) in [5.74, 6) is -1.17. The lowest BCUT2D eigenvalue weighted by molar-refractivity contribution is -0.138. The number of carbonyl (C=O) groups is 2. The second-order valence-corrected chi connectivity index (χ2v) is 5.49. The molecule has 1 aliphatic rings. The highest BCUT2D eigenvalue weighted by Crippen LogP contribution is 2.31. The zero-order valence-electron chi connectivity index (χ0n) is 11.0. The average Bonchev–Trinajstić information content (AvgIpc) is 2.80. The molecule has 0 spiro atoms. The van der Waals surface area contributed by atoms with E-state index in [1.165, 1.54) is 4.90 Å². The fourth-order valence-corrected chi connectivity index (χ4v) is 2.77. The van der Waals surface area contributed by atoms with Crippen molar-refractivity contribution in [1.82, 2.24) is 4.90 Å². The lowest BCUT2D eigenvalue weighted by Crippen LogP contribution is -2.38. The zero-order chi connectivity index (χ0) is 14.7. The topological polar surface area (TPSA) is 64.4 Å². The fourth-order valence-electron chi connectivity index (χ4n) is 2.27. The summed E-state index contributed by atoms with van der Waals surface area (Å²) in [6, 6.07) is 9.34. The molecule has 6 heteroatoms. The lowest BCUT2D eigenvalue weighted by Gasteiger charge is -2.20. The Bertz CT molecular complexity index is 582. The summed E-state index contributed by atoms with van der Waals surface area (Å²) in [6.07, 6.45) is 0.481. The van der Waals surface area contributed by atoms with Gasteiger partial charge in [-0.3, -0.25) is 9.59 Å². The number of rotatable bonds is 3. The van der Waals surface area contributed by atoms with Crippen LogP contribution in [0.15, 0.2) is 28.7 Å². The summed E-state index contributed by atoms with van der Waals surface area (Å²) in [5.41, 5.74) is 0.774. The number of anilines is 1. The number of hydrogen-bond acceptors (Lipinski definition) is 3. The molecule has 1 atom stereocenters. The average molecular weight is 336 g/mol. The Morgan fingerprint density at radius 3 is 2.90 bits per heavy atom. The van der Waals surface area contributed by atoms with Gasteiger partial charge in [0.05, 0.1) is 11.8 Å². The molecule has 1 aliphatic heterocycles. The maximum Gasteiger partial charge on any atom is 0.239 e. The van der Waals surface area contributed by atoms with Gasteiger partial charge >= 0.3 is 0 Å². The number of nitriles is 1. The predicted octanol–water partition coefficient (Wildman–Crippen LogP) is 1.78. The van der Waals surface area contributed by atoms with E-state index in [1.54, 1.807) is 11.9 Å². The van der Waals surface area contributed by atoms with Gasteiger partial charge in [-0.2, -0.15) is 5.26 Å². The molecule has 1 saturated heterocycles. The molecule has 1 aromatic carbocycles. The predicted molar refractivity (Wildman–Crippen MR) is 77.9 cm³/mol. The quantitative estimate of drug-likeness (QED) is 0.624. The van der Waals surface area contributed by atoms with E-state index in [0.29, 0.717) is 13.0 Å². The molecule has 104 valence electrons. The van der Waals surface area contributed by atoms with Crippen molar-refractivity contribution in [2.45, 2.75) is 6.42 Å². The molecule has 1 heterocycles. The molecule has 0 saturated carbocycles. The van der Waals surface area contributed by atoms with E-state index in [9.17, 15) is 9.59 Å². The third-order valence-electron chi connectivity index (χ3n) is 3.33. The number of nitrogens with zero attached hydrogens (tertiary/aromatic N) is 3. The molecular weight excluding hydrogens is 322 g/mol. The Morgan fingerprint density at radius 2 is 2.25 bits per heavy atom. The molecule has 2 rings (SSSR count).